The van der Waals surface area contributed by atoms with Crippen molar-refractivity contribution in [3.05, 3.63) is 10.4 Å². The lowest BCUT2D eigenvalue weighted by atomic mass is 9.98. The molecule has 2 rings (SSSR count). The van der Waals surface area contributed by atoms with E-state index in [1.165, 1.54) is 11.3 Å². The van der Waals surface area contributed by atoms with Gasteiger partial charge in [-0.05, 0) is 25.7 Å². The van der Waals surface area contributed by atoms with E-state index in [9.17, 15) is 9.90 Å². The molecule has 6 nitrogen and oxygen atoms in total. The number of aliphatic hydroxyl groups is 1. The molecule has 0 radical (unpaired) electrons. The Labute approximate surface area is 127 Å². The summed E-state index contributed by atoms with van der Waals surface area (Å²) >= 11 is 1.23. The van der Waals surface area contributed by atoms with Gasteiger partial charge in [-0.3, -0.25) is 0 Å². The molecule has 1 aliphatic rings. The number of rotatable bonds is 4. The largest absolute Gasteiger partial charge is 0.462 e. The molecule has 1 fully saturated rings. The van der Waals surface area contributed by atoms with Gasteiger partial charge in [0.25, 0.3) is 0 Å². The van der Waals surface area contributed by atoms with Crippen LogP contribution in [-0.4, -0.2) is 37.4 Å². The second-order valence-electron chi connectivity index (χ2n) is 4.97. The van der Waals surface area contributed by atoms with Gasteiger partial charge in [0.05, 0.1) is 12.3 Å². The van der Waals surface area contributed by atoms with E-state index in [1.54, 1.807) is 6.92 Å². The first-order chi connectivity index (χ1) is 10.1. The first-order valence-electron chi connectivity index (χ1n) is 6.97. The minimum Gasteiger partial charge on any atom is -0.462 e. The number of hydrogen-bond donors (Lipinski definition) is 2. The van der Waals surface area contributed by atoms with Gasteiger partial charge in [0, 0.05) is 19.7 Å². The van der Waals surface area contributed by atoms with Crippen molar-refractivity contribution in [3.8, 4) is 6.07 Å². The maximum Gasteiger partial charge on any atom is 0.343 e. The van der Waals surface area contributed by atoms with Crippen LogP contribution in [0.1, 0.15) is 35.0 Å². The zero-order chi connectivity index (χ0) is 15.4. The summed E-state index contributed by atoms with van der Waals surface area (Å²) in [6, 6.07) is 2.03. The smallest absolute Gasteiger partial charge is 0.343 e. The first kappa shape index (κ1) is 15.6. The Morgan fingerprint density at radius 3 is 2.76 bits per heavy atom. The van der Waals surface area contributed by atoms with E-state index >= 15 is 0 Å². The topological polar surface area (TPSA) is 99.6 Å². The van der Waals surface area contributed by atoms with Gasteiger partial charge in [-0.25, -0.2) is 4.79 Å². The SMILES string of the molecule is CCOC(=O)c1c(N2CCC(CO)CC2)sc(C#N)c1N. The molecular weight excluding hydrogens is 290 g/mol. The van der Waals surface area contributed by atoms with Crippen LogP contribution in [0.3, 0.4) is 0 Å². The molecule has 1 aromatic rings. The summed E-state index contributed by atoms with van der Waals surface area (Å²) in [5, 5.41) is 19.0. The third-order valence-corrected chi connectivity index (χ3v) is 4.84. The van der Waals surface area contributed by atoms with Crippen LogP contribution in [0.2, 0.25) is 0 Å². The van der Waals surface area contributed by atoms with Gasteiger partial charge in [-0.1, -0.05) is 0 Å². The number of aliphatic hydroxyl groups excluding tert-OH is 1. The van der Waals surface area contributed by atoms with Crippen molar-refractivity contribution in [2.75, 3.05) is 36.9 Å². The molecule has 0 atom stereocenters. The lowest BCUT2D eigenvalue weighted by molar-refractivity contribution is 0.0528. The van der Waals surface area contributed by atoms with Gasteiger partial charge in [0.1, 0.15) is 21.5 Å². The molecule has 0 saturated carbocycles. The number of esters is 1. The molecule has 114 valence electrons. The van der Waals surface area contributed by atoms with Crippen LogP contribution in [0.5, 0.6) is 0 Å². The zero-order valence-corrected chi connectivity index (χ0v) is 12.8. The van der Waals surface area contributed by atoms with Gasteiger partial charge in [0.15, 0.2) is 0 Å². The minimum atomic E-state index is -0.480. The average Bonchev–Trinajstić information content (AvgIpc) is 2.84. The van der Waals surface area contributed by atoms with E-state index in [4.69, 9.17) is 15.7 Å². The molecule has 1 saturated heterocycles. The van der Waals surface area contributed by atoms with Crippen LogP contribution in [0, 0.1) is 17.2 Å². The summed E-state index contributed by atoms with van der Waals surface area (Å²) in [6.07, 6.45) is 1.72. The van der Waals surface area contributed by atoms with E-state index in [0.717, 1.165) is 25.9 Å². The Bertz CT molecular complexity index is 557. The van der Waals surface area contributed by atoms with Gasteiger partial charge >= 0.3 is 5.97 Å². The molecule has 21 heavy (non-hydrogen) atoms. The monoisotopic (exact) mass is 309 g/mol. The summed E-state index contributed by atoms with van der Waals surface area (Å²) in [4.78, 5) is 14.5. The summed E-state index contributed by atoms with van der Waals surface area (Å²) < 4.78 is 5.05. The van der Waals surface area contributed by atoms with E-state index in [-0.39, 0.29) is 18.9 Å². The van der Waals surface area contributed by atoms with Gasteiger partial charge in [0.2, 0.25) is 0 Å². The number of thiophene rings is 1. The molecule has 0 aliphatic carbocycles. The molecule has 1 aromatic heterocycles. The third kappa shape index (κ3) is 3.12. The number of hydrogen-bond acceptors (Lipinski definition) is 7. The molecule has 0 unspecified atom stereocenters. The Morgan fingerprint density at radius 2 is 2.24 bits per heavy atom. The van der Waals surface area contributed by atoms with Gasteiger partial charge < -0.3 is 20.5 Å². The number of ether oxygens (including phenoxy) is 1. The Hall–Kier alpha value is -1.78. The van der Waals surface area contributed by atoms with Crippen molar-refractivity contribution in [1.82, 2.24) is 0 Å². The molecule has 0 spiro atoms. The second kappa shape index (κ2) is 6.78. The fourth-order valence-electron chi connectivity index (χ4n) is 2.46. The lowest BCUT2D eigenvalue weighted by Gasteiger charge is -2.32. The maximum absolute atomic E-state index is 12.1. The highest BCUT2D eigenvalue weighted by Crippen LogP contribution is 2.39. The van der Waals surface area contributed by atoms with Crippen molar-refractivity contribution < 1.29 is 14.6 Å². The molecule has 3 N–H and O–H groups in total. The number of nitrogen functional groups attached to an aromatic ring is 1. The predicted octanol–water partition coefficient (Wildman–Crippen LogP) is 1.59. The first-order valence-corrected chi connectivity index (χ1v) is 7.79. The summed E-state index contributed by atoms with van der Waals surface area (Å²) in [6.45, 7) is 3.67. The van der Waals surface area contributed by atoms with Crippen molar-refractivity contribution in [2.45, 2.75) is 19.8 Å². The Morgan fingerprint density at radius 1 is 1.57 bits per heavy atom. The maximum atomic E-state index is 12.1. The quantitative estimate of drug-likeness (QED) is 0.819. The third-order valence-electron chi connectivity index (χ3n) is 3.67. The van der Waals surface area contributed by atoms with Gasteiger partial charge in [-0.15, -0.1) is 11.3 Å². The van der Waals surface area contributed by atoms with Crippen LogP contribution in [0.15, 0.2) is 0 Å². The predicted molar refractivity (Wildman–Crippen MR) is 81.4 cm³/mol. The molecule has 0 bridgehead atoms. The highest BCUT2D eigenvalue weighted by Gasteiger charge is 2.29. The number of piperidine rings is 1. The van der Waals surface area contributed by atoms with Crippen molar-refractivity contribution in [1.29, 1.82) is 5.26 Å². The molecular formula is C14H19N3O3S. The number of carbonyl (C=O) groups excluding carboxylic acids is 1. The lowest BCUT2D eigenvalue weighted by Crippen LogP contribution is -2.35. The molecule has 2 heterocycles. The Balaban J connectivity index is 2.30. The number of nitrogens with zero attached hydrogens (tertiary/aromatic N) is 2. The summed E-state index contributed by atoms with van der Waals surface area (Å²) in [5.41, 5.74) is 6.44. The number of anilines is 2. The van der Waals surface area contributed by atoms with Crippen LogP contribution >= 0.6 is 11.3 Å². The van der Waals surface area contributed by atoms with Crippen LogP contribution < -0.4 is 10.6 Å². The van der Waals surface area contributed by atoms with Crippen LogP contribution in [-0.2, 0) is 4.74 Å². The van der Waals surface area contributed by atoms with E-state index in [0.29, 0.717) is 21.4 Å². The molecule has 7 heteroatoms. The standard InChI is InChI=1S/C14H19N3O3S/c1-2-20-14(19)11-12(16)10(7-15)21-13(11)17-5-3-9(8-18)4-6-17/h9,18H,2-6,8,16H2,1H3. The van der Waals surface area contributed by atoms with E-state index < -0.39 is 5.97 Å². The van der Waals surface area contributed by atoms with Crippen LogP contribution in [0.25, 0.3) is 0 Å². The van der Waals surface area contributed by atoms with Crippen molar-refractivity contribution in [3.63, 3.8) is 0 Å². The fourth-order valence-corrected chi connectivity index (χ4v) is 3.51. The summed E-state index contributed by atoms with van der Waals surface area (Å²) in [5.74, 6) is -0.174. The number of nitriles is 1. The highest BCUT2D eigenvalue weighted by atomic mass is 32.1. The molecule has 0 aromatic carbocycles. The van der Waals surface area contributed by atoms with E-state index in [1.807, 2.05) is 6.07 Å². The van der Waals surface area contributed by atoms with Crippen LogP contribution in [0.4, 0.5) is 10.7 Å². The normalized spacial score (nSPS) is 15.8. The highest BCUT2D eigenvalue weighted by molar-refractivity contribution is 7.17. The second-order valence-corrected chi connectivity index (χ2v) is 5.97. The Kier molecular flexibility index (Phi) is 5.04. The van der Waals surface area contributed by atoms with Crippen molar-refractivity contribution >= 4 is 28.0 Å². The van der Waals surface area contributed by atoms with Crippen molar-refractivity contribution in [2.24, 2.45) is 5.92 Å². The minimum absolute atomic E-state index is 0.189. The summed E-state index contributed by atoms with van der Waals surface area (Å²) in [7, 11) is 0. The molecule has 1 aliphatic heterocycles. The van der Waals surface area contributed by atoms with E-state index in [2.05, 4.69) is 4.90 Å². The van der Waals surface area contributed by atoms with Gasteiger partial charge in [-0.2, -0.15) is 5.26 Å². The number of nitrogens with two attached hydrogens (primary N) is 1. The fraction of sp³-hybridized carbons (Fsp3) is 0.571. The molecule has 0 amide bonds. The number of carbonyl (C=O) groups is 1. The average molecular weight is 309 g/mol. The zero-order valence-electron chi connectivity index (χ0n) is 12.0.